The zero-order chi connectivity index (χ0) is 15.0. The van der Waals surface area contributed by atoms with E-state index in [2.05, 4.69) is 0 Å². The Morgan fingerprint density at radius 1 is 1.25 bits per heavy atom. The average Bonchev–Trinajstić information content (AvgIpc) is 2.43. The highest BCUT2D eigenvalue weighted by molar-refractivity contribution is 5.79. The SMILES string of the molecule is Cc1ccc(CC(=O)N(CCC#N)CCC#N)cc1O. The second kappa shape index (κ2) is 7.81. The van der Waals surface area contributed by atoms with Gasteiger partial charge in [-0.1, -0.05) is 12.1 Å². The fourth-order valence-electron chi connectivity index (χ4n) is 1.78. The van der Waals surface area contributed by atoms with Crippen LogP contribution in [0.3, 0.4) is 0 Å². The molecule has 0 aromatic heterocycles. The van der Waals surface area contributed by atoms with Crippen molar-refractivity contribution in [1.82, 2.24) is 4.90 Å². The highest BCUT2D eigenvalue weighted by Crippen LogP contribution is 2.18. The van der Waals surface area contributed by atoms with Gasteiger partial charge in [0.25, 0.3) is 0 Å². The van der Waals surface area contributed by atoms with Gasteiger partial charge in [0.15, 0.2) is 0 Å². The number of hydrogen-bond donors (Lipinski definition) is 1. The molecule has 0 aliphatic rings. The van der Waals surface area contributed by atoms with Crippen molar-refractivity contribution in [3.05, 3.63) is 29.3 Å². The van der Waals surface area contributed by atoms with E-state index in [-0.39, 0.29) is 30.9 Å². The summed E-state index contributed by atoms with van der Waals surface area (Å²) in [6, 6.07) is 9.10. The zero-order valence-corrected chi connectivity index (χ0v) is 11.5. The summed E-state index contributed by atoms with van der Waals surface area (Å²) < 4.78 is 0. The molecule has 0 saturated carbocycles. The van der Waals surface area contributed by atoms with Gasteiger partial charge in [-0.2, -0.15) is 10.5 Å². The number of amides is 1. The molecule has 0 saturated heterocycles. The van der Waals surface area contributed by atoms with Crippen molar-refractivity contribution in [2.45, 2.75) is 26.2 Å². The number of aryl methyl sites for hydroxylation is 1. The van der Waals surface area contributed by atoms with Crippen molar-refractivity contribution in [1.29, 1.82) is 10.5 Å². The Kier molecular flexibility index (Phi) is 6.06. The Morgan fingerprint density at radius 2 is 1.85 bits per heavy atom. The van der Waals surface area contributed by atoms with Crippen molar-refractivity contribution < 1.29 is 9.90 Å². The first kappa shape index (κ1) is 15.5. The molecule has 0 heterocycles. The van der Waals surface area contributed by atoms with Crippen LogP contribution in [-0.4, -0.2) is 29.0 Å². The summed E-state index contributed by atoms with van der Waals surface area (Å²) >= 11 is 0. The summed E-state index contributed by atoms with van der Waals surface area (Å²) in [6.07, 6.45) is 0.650. The minimum atomic E-state index is -0.140. The Morgan fingerprint density at radius 3 is 2.35 bits per heavy atom. The predicted molar refractivity (Wildman–Crippen MR) is 73.6 cm³/mol. The number of benzene rings is 1. The minimum Gasteiger partial charge on any atom is -0.508 e. The van der Waals surface area contributed by atoms with E-state index in [1.807, 2.05) is 12.1 Å². The van der Waals surface area contributed by atoms with E-state index in [4.69, 9.17) is 10.5 Å². The number of aromatic hydroxyl groups is 1. The van der Waals surface area contributed by atoms with Crippen LogP contribution in [0.5, 0.6) is 5.75 Å². The molecule has 1 aromatic rings. The molecule has 0 unspecified atom stereocenters. The van der Waals surface area contributed by atoms with Gasteiger partial charge < -0.3 is 10.0 Å². The van der Waals surface area contributed by atoms with Crippen molar-refractivity contribution in [2.75, 3.05) is 13.1 Å². The van der Waals surface area contributed by atoms with Crippen LogP contribution in [0.2, 0.25) is 0 Å². The van der Waals surface area contributed by atoms with Crippen LogP contribution in [0.4, 0.5) is 0 Å². The highest BCUT2D eigenvalue weighted by Gasteiger charge is 2.14. The maximum Gasteiger partial charge on any atom is 0.227 e. The molecule has 0 aliphatic heterocycles. The smallest absolute Gasteiger partial charge is 0.227 e. The summed E-state index contributed by atoms with van der Waals surface area (Å²) in [7, 11) is 0. The van der Waals surface area contributed by atoms with Crippen LogP contribution in [0.25, 0.3) is 0 Å². The first-order valence-corrected chi connectivity index (χ1v) is 6.38. The van der Waals surface area contributed by atoms with Crippen molar-refractivity contribution in [2.24, 2.45) is 0 Å². The number of phenols is 1. The third-order valence-electron chi connectivity index (χ3n) is 2.97. The lowest BCUT2D eigenvalue weighted by atomic mass is 10.1. The van der Waals surface area contributed by atoms with Crippen LogP contribution in [-0.2, 0) is 11.2 Å². The fraction of sp³-hybridized carbons (Fsp3) is 0.400. The van der Waals surface area contributed by atoms with Gasteiger partial charge in [0.2, 0.25) is 5.91 Å². The number of phenolic OH excluding ortho intramolecular Hbond substituents is 1. The van der Waals surface area contributed by atoms with E-state index in [0.717, 1.165) is 11.1 Å². The predicted octanol–water partition coefficient (Wildman–Crippen LogP) is 1.90. The molecule has 5 nitrogen and oxygen atoms in total. The summed E-state index contributed by atoms with van der Waals surface area (Å²) in [5, 5.41) is 26.8. The molecule has 5 heteroatoms. The van der Waals surface area contributed by atoms with E-state index < -0.39 is 0 Å². The van der Waals surface area contributed by atoms with Gasteiger partial charge in [-0.3, -0.25) is 4.79 Å². The molecule has 104 valence electrons. The van der Waals surface area contributed by atoms with Crippen LogP contribution in [0.1, 0.15) is 24.0 Å². The van der Waals surface area contributed by atoms with Gasteiger partial charge in [0.05, 0.1) is 31.4 Å². The fourth-order valence-corrected chi connectivity index (χ4v) is 1.78. The molecule has 0 fully saturated rings. The molecule has 0 atom stereocenters. The molecule has 1 rings (SSSR count). The number of hydrogen-bond acceptors (Lipinski definition) is 4. The monoisotopic (exact) mass is 271 g/mol. The summed E-state index contributed by atoms with van der Waals surface area (Å²) in [5.41, 5.74) is 1.48. The number of carbonyl (C=O) groups is 1. The van der Waals surface area contributed by atoms with Crippen molar-refractivity contribution in [3.8, 4) is 17.9 Å². The maximum absolute atomic E-state index is 12.1. The van der Waals surface area contributed by atoms with Crippen LogP contribution in [0.15, 0.2) is 18.2 Å². The molecule has 1 amide bonds. The second-order valence-corrected chi connectivity index (χ2v) is 4.49. The van der Waals surface area contributed by atoms with E-state index in [1.54, 1.807) is 25.1 Å². The van der Waals surface area contributed by atoms with Crippen LogP contribution in [0, 0.1) is 29.6 Å². The molecule has 1 N–H and O–H groups in total. The molecule has 1 aromatic carbocycles. The van der Waals surface area contributed by atoms with Crippen LogP contribution < -0.4 is 0 Å². The Labute approximate surface area is 118 Å². The number of rotatable bonds is 6. The molecule has 0 spiro atoms. The van der Waals surface area contributed by atoms with Gasteiger partial charge in [0, 0.05) is 13.1 Å². The van der Waals surface area contributed by atoms with E-state index in [9.17, 15) is 9.90 Å². The normalized spacial score (nSPS) is 9.55. The number of carbonyl (C=O) groups excluding carboxylic acids is 1. The van der Waals surface area contributed by atoms with E-state index in [1.165, 1.54) is 4.90 Å². The number of nitriles is 2. The molecule has 0 aliphatic carbocycles. The second-order valence-electron chi connectivity index (χ2n) is 4.49. The Balaban J connectivity index is 2.71. The summed E-state index contributed by atoms with van der Waals surface area (Å²) in [5.74, 6) is 0.0228. The van der Waals surface area contributed by atoms with E-state index in [0.29, 0.717) is 13.1 Å². The first-order valence-electron chi connectivity index (χ1n) is 6.38. The third kappa shape index (κ3) is 4.62. The third-order valence-corrected chi connectivity index (χ3v) is 2.97. The lowest BCUT2D eigenvalue weighted by Gasteiger charge is -2.20. The van der Waals surface area contributed by atoms with E-state index >= 15 is 0 Å². The van der Waals surface area contributed by atoms with Gasteiger partial charge in [-0.05, 0) is 24.1 Å². The Bertz CT molecular complexity index is 537. The topological polar surface area (TPSA) is 88.1 Å². The standard InChI is InChI=1S/C15H17N3O2/c1-12-4-5-13(10-14(12)19)11-15(20)18(8-2-6-16)9-3-7-17/h4-5,10,19H,2-3,8-9,11H2,1H3. The first-order chi connectivity index (χ1) is 9.58. The highest BCUT2D eigenvalue weighted by atomic mass is 16.3. The molecule has 0 radical (unpaired) electrons. The lowest BCUT2D eigenvalue weighted by molar-refractivity contribution is -0.130. The molecule has 20 heavy (non-hydrogen) atoms. The van der Waals surface area contributed by atoms with Crippen molar-refractivity contribution >= 4 is 5.91 Å². The van der Waals surface area contributed by atoms with Gasteiger partial charge >= 0.3 is 0 Å². The Hall–Kier alpha value is -2.53. The maximum atomic E-state index is 12.1. The van der Waals surface area contributed by atoms with Gasteiger partial charge in [-0.25, -0.2) is 0 Å². The molecule has 0 bridgehead atoms. The van der Waals surface area contributed by atoms with Gasteiger partial charge in [-0.15, -0.1) is 0 Å². The molecular formula is C15H17N3O2. The number of nitrogens with zero attached hydrogens (tertiary/aromatic N) is 3. The quantitative estimate of drug-likeness (QED) is 0.855. The van der Waals surface area contributed by atoms with Gasteiger partial charge in [0.1, 0.15) is 5.75 Å². The summed E-state index contributed by atoms with van der Waals surface area (Å²) in [4.78, 5) is 13.7. The lowest BCUT2D eigenvalue weighted by Crippen LogP contribution is -2.33. The average molecular weight is 271 g/mol. The van der Waals surface area contributed by atoms with Crippen LogP contribution >= 0.6 is 0 Å². The van der Waals surface area contributed by atoms with Crippen molar-refractivity contribution in [3.63, 3.8) is 0 Å². The zero-order valence-electron chi connectivity index (χ0n) is 11.5. The largest absolute Gasteiger partial charge is 0.508 e. The molecular weight excluding hydrogens is 254 g/mol. The minimum absolute atomic E-state index is 0.140. The summed E-state index contributed by atoms with van der Waals surface area (Å²) in [6.45, 7) is 2.44.